The van der Waals surface area contributed by atoms with E-state index in [-0.39, 0.29) is 5.25 Å². The van der Waals surface area contributed by atoms with E-state index in [1.54, 1.807) is 28.2 Å². The van der Waals surface area contributed by atoms with Gasteiger partial charge in [0.05, 0.1) is 0 Å². The second kappa shape index (κ2) is 11.3. The molecule has 3 rings (SSSR count). The summed E-state index contributed by atoms with van der Waals surface area (Å²) < 4.78 is 35.4. The Bertz CT molecular complexity index is 1290. The van der Waals surface area contributed by atoms with Crippen molar-refractivity contribution in [2.75, 3.05) is 19.7 Å². The number of sulfonamides is 1. The van der Waals surface area contributed by atoms with Crippen LogP contribution in [0, 0.1) is 13.8 Å². The SMILES string of the molecule is CCCN(C[C@@H](C)Sc1ccc(OCC(=O)O)c(C)c1)S(=O)(=O)c1sc2ccc(Cl)cc2c1C. The molecule has 0 fully saturated rings. The number of carboxylic acid groups (broad SMARTS) is 1. The van der Waals surface area contributed by atoms with Crippen molar-refractivity contribution in [1.29, 1.82) is 0 Å². The smallest absolute Gasteiger partial charge is 0.341 e. The van der Waals surface area contributed by atoms with Crippen molar-refractivity contribution in [3.05, 3.63) is 52.5 Å². The van der Waals surface area contributed by atoms with Gasteiger partial charge in [-0.05, 0) is 73.2 Å². The fraction of sp³-hybridized carbons (Fsp3) is 0.375. The lowest BCUT2D eigenvalue weighted by molar-refractivity contribution is -0.139. The van der Waals surface area contributed by atoms with Crippen molar-refractivity contribution in [3.63, 3.8) is 0 Å². The molecule has 0 bridgehead atoms. The highest BCUT2D eigenvalue weighted by atomic mass is 35.5. The molecule has 0 saturated heterocycles. The lowest BCUT2D eigenvalue weighted by Crippen LogP contribution is -2.36. The van der Waals surface area contributed by atoms with Crippen molar-refractivity contribution in [3.8, 4) is 5.75 Å². The Labute approximate surface area is 213 Å². The second-order valence-corrected chi connectivity index (χ2v) is 13.2. The van der Waals surface area contributed by atoms with Crippen molar-refractivity contribution in [2.45, 2.75) is 48.5 Å². The number of thiophene rings is 1. The lowest BCUT2D eigenvalue weighted by atomic mass is 10.2. The summed E-state index contributed by atoms with van der Waals surface area (Å²) in [4.78, 5) is 11.7. The fourth-order valence-electron chi connectivity index (χ4n) is 3.65. The number of fused-ring (bicyclic) bond motifs is 1. The van der Waals surface area contributed by atoms with Crippen LogP contribution in [-0.4, -0.2) is 48.7 Å². The average Bonchev–Trinajstić information content (AvgIpc) is 3.09. The molecule has 10 heteroatoms. The van der Waals surface area contributed by atoms with Gasteiger partial charge in [-0.15, -0.1) is 23.1 Å². The van der Waals surface area contributed by atoms with Gasteiger partial charge in [0.15, 0.2) is 6.61 Å². The zero-order valence-electron chi connectivity index (χ0n) is 19.5. The Balaban J connectivity index is 1.78. The Morgan fingerprint density at radius 3 is 2.62 bits per heavy atom. The van der Waals surface area contributed by atoms with Crippen LogP contribution in [-0.2, 0) is 14.8 Å². The molecule has 6 nitrogen and oxygen atoms in total. The lowest BCUT2D eigenvalue weighted by Gasteiger charge is -2.24. The number of hydrogen-bond donors (Lipinski definition) is 1. The molecule has 184 valence electrons. The largest absolute Gasteiger partial charge is 0.482 e. The predicted molar refractivity (Wildman–Crippen MR) is 140 cm³/mol. The minimum atomic E-state index is -3.67. The number of nitrogens with zero attached hydrogens (tertiary/aromatic N) is 1. The minimum Gasteiger partial charge on any atom is -0.482 e. The topological polar surface area (TPSA) is 83.9 Å². The van der Waals surface area contributed by atoms with E-state index >= 15 is 0 Å². The summed E-state index contributed by atoms with van der Waals surface area (Å²) in [6, 6.07) is 11.0. The summed E-state index contributed by atoms with van der Waals surface area (Å²) in [5.41, 5.74) is 1.56. The Kier molecular flexibility index (Phi) is 8.92. The molecule has 2 aromatic carbocycles. The average molecular weight is 542 g/mol. The number of halogens is 1. The van der Waals surface area contributed by atoms with E-state index in [4.69, 9.17) is 21.4 Å². The van der Waals surface area contributed by atoms with Gasteiger partial charge in [-0.25, -0.2) is 13.2 Å². The molecule has 0 spiro atoms. The Hall–Kier alpha value is -1.78. The summed E-state index contributed by atoms with van der Waals surface area (Å²) in [5.74, 6) is -0.504. The normalized spacial score (nSPS) is 12.9. The van der Waals surface area contributed by atoms with Gasteiger partial charge in [-0.2, -0.15) is 4.31 Å². The number of aliphatic carboxylic acids is 1. The highest BCUT2D eigenvalue weighted by molar-refractivity contribution is 8.00. The van der Waals surface area contributed by atoms with Crippen LogP contribution in [0.1, 0.15) is 31.4 Å². The highest BCUT2D eigenvalue weighted by Gasteiger charge is 2.30. The summed E-state index contributed by atoms with van der Waals surface area (Å²) in [6.07, 6.45) is 0.709. The second-order valence-electron chi connectivity index (χ2n) is 8.06. The van der Waals surface area contributed by atoms with Crippen LogP contribution in [0.3, 0.4) is 0 Å². The summed E-state index contributed by atoms with van der Waals surface area (Å²) >= 11 is 8.99. The van der Waals surface area contributed by atoms with Gasteiger partial charge in [-0.3, -0.25) is 0 Å². The number of carbonyl (C=O) groups is 1. The first kappa shape index (κ1) is 26.8. The van der Waals surface area contributed by atoms with Gasteiger partial charge in [0.2, 0.25) is 0 Å². The highest BCUT2D eigenvalue weighted by Crippen LogP contribution is 2.37. The molecule has 1 heterocycles. The molecule has 0 unspecified atom stereocenters. The first-order chi connectivity index (χ1) is 16.0. The maximum absolute atomic E-state index is 13.6. The van der Waals surface area contributed by atoms with Crippen LogP contribution in [0.5, 0.6) is 5.75 Å². The van der Waals surface area contributed by atoms with Crippen molar-refractivity contribution in [1.82, 2.24) is 4.31 Å². The first-order valence-electron chi connectivity index (χ1n) is 10.8. The van der Waals surface area contributed by atoms with E-state index < -0.39 is 22.6 Å². The molecule has 3 aromatic rings. The van der Waals surface area contributed by atoms with Gasteiger partial charge >= 0.3 is 5.97 Å². The minimum absolute atomic E-state index is 0.00404. The summed E-state index contributed by atoms with van der Waals surface area (Å²) in [6.45, 7) is 8.07. The third-order valence-corrected chi connectivity index (χ3v) is 10.2. The Morgan fingerprint density at radius 1 is 1.24 bits per heavy atom. The molecular weight excluding hydrogens is 514 g/mol. The van der Waals surface area contributed by atoms with E-state index in [1.807, 2.05) is 52.0 Å². The van der Waals surface area contributed by atoms with Crippen molar-refractivity contribution in [2.24, 2.45) is 0 Å². The number of hydrogen-bond acceptors (Lipinski definition) is 6. The van der Waals surface area contributed by atoms with Crippen LogP contribution in [0.25, 0.3) is 10.1 Å². The quantitative estimate of drug-likeness (QED) is 0.290. The van der Waals surface area contributed by atoms with Gasteiger partial charge < -0.3 is 9.84 Å². The molecule has 34 heavy (non-hydrogen) atoms. The van der Waals surface area contributed by atoms with E-state index in [9.17, 15) is 13.2 Å². The Morgan fingerprint density at radius 2 is 1.97 bits per heavy atom. The van der Waals surface area contributed by atoms with E-state index in [0.29, 0.717) is 34.5 Å². The third-order valence-electron chi connectivity index (χ3n) is 5.20. The molecule has 1 aromatic heterocycles. The maximum atomic E-state index is 13.6. The van der Waals surface area contributed by atoms with Crippen LogP contribution in [0.15, 0.2) is 45.5 Å². The van der Waals surface area contributed by atoms with Crippen LogP contribution in [0.2, 0.25) is 5.02 Å². The third kappa shape index (κ3) is 6.26. The van der Waals surface area contributed by atoms with Gasteiger partial charge in [0, 0.05) is 33.0 Å². The zero-order chi connectivity index (χ0) is 25.0. The predicted octanol–water partition coefficient (Wildman–Crippen LogP) is 6.22. The first-order valence-corrected chi connectivity index (χ1v) is 14.3. The molecule has 1 N–H and O–H groups in total. The van der Waals surface area contributed by atoms with E-state index in [0.717, 1.165) is 26.1 Å². The summed E-state index contributed by atoms with van der Waals surface area (Å²) in [5, 5.41) is 10.2. The van der Waals surface area contributed by atoms with Gasteiger partial charge in [0.25, 0.3) is 10.0 Å². The molecule has 0 aliphatic carbocycles. The van der Waals surface area contributed by atoms with Crippen molar-refractivity contribution >= 4 is 60.8 Å². The monoisotopic (exact) mass is 541 g/mol. The molecule has 0 amide bonds. The molecule has 0 radical (unpaired) electrons. The van der Waals surface area contributed by atoms with Gasteiger partial charge in [0.1, 0.15) is 9.96 Å². The molecule has 0 aliphatic rings. The van der Waals surface area contributed by atoms with E-state index in [2.05, 4.69) is 0 Å². The number of thioether (sulfide) groups is 1. The maximum Gasteiger partial charge on any atom is 0.341 e. The number of carboxylic acids is 1. The zero-order valence-corrected chi connectivity index (χ0v) is 22.7. The van der Waals surface area contributed by atoms with Gasteiger partial charge in [-0.1, -0.05) is 25.4 Å². The number of benzene rings is 2. The fourth-order valence-corrected chi connectivity index (χ4v) is 8.52. The number of ether oxygens (including phenoxy) is 1. The molecular formula is C24H28ClNO5S3. The van der Waals surface area contributed by atoms with Crippen LogP contribution in [0.4, 0.5) is 0 Å². The molecule has 1 atom stereocenters. The molecule has 0 saturated carbocycles. The standard InChI is InChI=1S/C24H28ClNO5S3/c1-5-10-26(34(29,30)24-17(4)20-12-18(25)6-9-22(20)33-24)13-16(3)32-19-7-8-21(15(2)11-19)31-14-23(27)28/h6-9,11-12,16H,5,10,13-14H2,1-4H3,(H,27,28)/t16-/m1/s1. The number of rotatable bonds is 11. The van der Waals surface area contributed by atoms with Crippen LogP contribution >= 0.6 is 34.7 Å². The van der Waals surface area contributed by atoms with E-state index in [1.165, 1.54) is 11.3 Å². The summed E-state index contributed by atoms with van der Waals surface area (Å²) in [7, 11) is -3.67. The van der Waals surface area contributed by atoms with Crippen molar-refractivity contribution < 1.29 is 23.1 Å². The molecule has 0 aliphatic heterocycles. The number of aryl methyl sites for hydroxylation is 2. The van der Waals surface area contributed by atoms with Crippen LogP contribution < -0.4 is 4.74 Å².